The number of carbonyl (C=O) groups excluding carboxylic acids is 1. The number of nitrogens with one attached hydrogen (secondary N) is 1. The molecule has 1 saturated heterocycles. The molecule has 0 radical (unpaired) electrons. The van der Waals surface area contributed by atoms with Crippen LogP contribution in [0.2, 0.25) is 0 Å². The van der Waals surface area contributed by atoms with E-state index in [-0.39, 0.29) is 13.1 Å². The molecule has 0 aromatic heterocycles. The van der Waals surface area contributed by atoms with E-state index in [0.717, 1.165) is 0 Å². The molecule has 1 heterocycles. The normalized spacial score (nSPS) is 30.3. The maximum atomic E-state index is 12.5. The second-order valence-corrected chi connectivity index (χ2v) is 2.27. The number of halogens is 2. The van der Waals surface area contributed by atoms with Gasteiger partial charge in [-0.15, -0.1) is 0 Å². The Morgan fingerprint density at radius 2 is 2.40 bits per heavy atom. The first-order valence-corrected chi connectivity index (χ1v) is 2.95. The highest BCUT2D eigenvalue weighted by Crippen LogP contribution is 2.27. The van der Waals surface area contributed by atoms with Gasteiger partial charge in [-0.3, -0.25) is 4.79 Å². The number of alkyl halides is 2. The molecule has 1 aliphatic heterocycles. The molecule has 1 atom stereocenters. The van der Waals surface area contributed by atoms with E-state index in [1.807, 2.05) is 5.32 Å². The van der Waals surface area contributed by atoms with Crippen molar-refractivity contribution >= 4 is 5.91 Å². The fourth-order valence-electron chi connectivity index (χ4n) is 0.879. The molecule has 0 aromatic rings. The summed E-state index contributed by atoms with van der Waals surface area (Å²) in [6.07, 6.45) is 0. The summed E-state index contributed by atoms with van der Waals surface area (Å²) in [5.74, 6) is -5.49. The third-order valence-corrected chi connectivity index (χ3v) is 1.61. The summed E-state index contributed by atoms with van der Waals surface area (Å²) in [5, 5.41) is 2.04. The highest BCUT2D eigenvalue weighted by molar-refractivity contribution is 5.86. The van der Waals surface area contributed by atoms with Gasteiger partial charge in [0.2, 0.25) is 0 Å². The summed E-state index contributed by atoms with van der Waals surface area (Å²) >= 11 is 0. The van der Waals surface area contributed by atoms with Gasteiger partial charge in [0.15, 0.2) is 0 Å². The lowest BCUT2D eigenvalue weighted by atomic mass is 10.1. The minimum Gasteiger partial charge on any atom is -0.350 e. The fraction of sp³-hybridized carbons (Fsp3) is 0.800. The number of rotatable bonds is 1. The predicted octanol–water partition coefficient (Wildman–Crippen LogP) is -0.674. The first-order chi connectivity index (χ1) is 4.59. The quantitative estimate of drug-likeness (QED) is 0.520. The molecule has 58 valence electrons. The molecule has 0 aromatic carbocycles. The smallest absolute Gasteiger partial charge is 0.330 e. The minimum absolute atomic E-state index is 0.0116. The SMILES string of the molecule is NC[C@@H]1CNC(=O)C1(F)F. The zero-order valence-electron chi connectivity index (χ0n) is 5.23. The van der Waals surface area contributed by atoms with Crippen molar-refractivity contribution in [2.45, 2.75) is 5.92 Å². The Bertz CT molecular complexity index is 160. The summed E-state index contributed by atoms with van der Waals surface area (Å²) in [5.41, 5.74) is 5.00. The Morgan fingerprint density at radius 3 is 2.60 bits per heavy atom. The second kappa shape index (κ2) is 2.16. The van der Waals surface area contributed by atoms with Gasteiger partial charge >= 0.3 is 5.92 Å². The van der Waals surface area contributed by atoms with Crippen molar-refractivity contribution in [3.05, 3.63) is 0 Å². The molecule has 1 rings (SSSR count). The van der Waals surface area contributed by atoms with Gasteiger partial charge in [-0.05, 0) is 0 Å². The summed E-state index contributed by atoms with van der Waals surface area (Å²) in [4.78, 5) is 10.3. The van der Waals surface area contributed by atoms with Crippen molar-refractivity contribution < 1.29 is 13.6 Å². The van der Waals surface area contributed by atoms with Crippen molar-refractivity contribution in [3.8, 4) is 0 Å². The molecule has 0 bridgehead atoms. The van der Waals surface area contributed by atoms with Crippen molar-refractivity contribution in [2.24, 2.45) is 11.7 Å². The van der Waals surface area contributed by atoms with E-state index in [9.17, 15) is 13.6 Å². The van der Waals surface area contributed by atoms with E-state index in [1.165, 1.54) is 0 Å². The van der Waals surface area contributed by atoms with E-state index in [0.29, 0.717) is 0 Å². The van der Waals surface area contributed by atoms with Crippen LogP contribution in [0.4, 0.5) is 8.78 Å². The number of hydrogen-bond donors (Lipinski definition) is 2. The molecule has 0 saturated carbocycles. The highest BCUT2D eigenvalue weighted by atomic mass is 19.3. The lowest BCUT2D eigenvalue weighted by Gasteiger charge is -2.11. The Hall–Kier alpha value is -0.710. The molecule has 0 aliphatic carbocycles. The summed E-state index contributed by atoms with van der Waals surface area (Å²) in [7, 11) is 0. The van der Waals surface area contributed by atoms with E-state index < -0.39 is 17.7 Å². The minimum atomic E-state index is -3.26. The van der Waals surface area contributed by atoms with E-state index in [1.54, 1.807) is 0 Å². The molecular weight excluding hydrogens is 142 g/mol. The van der Waals surface area contributed by atoms with Crippen LogP contribution in [0.15, 0.2) is 0 Å². The molecule has 1 amide bonds. The van der Waals surface area contributed by atoms with Crippen molar-refractivity contribution in [2.75, 3.05) is 13.1 Å². The second-order valence-electron chi connectivity index (χ2n) is 2.27. The van der Waals surface area contributed by atoms with Crippen LogP contribution in [0.25, 0.3) is 0 Å². The zero-order chi connectivity index (χ0) is 7.78. The van der Waals surface area contributed by atoms with Crippen LogP contribution in [0.3, 0.4) is 0 Å². The maximum absolute atomic E-state index is 12.5. The number of amides is 1. The number of carbonyl (C=O) groups is 1. The van der Waals surface area contributed by atoms with Gasteiger partial charge in [-0.2, -0.15) is 8.78 Å². The topological polar surface area (TPSA) is 55.1 Å². The van der Waals surface area contributed by atoms with Gasteiger partial charge in [0.25, 0.3) is 5.91 Å². The first-order valence-electron chi connectivity index (χ1n) is 2.95. The van der Waals surface area contributed by atoms with Crippen LogP contribution in [0, 0.1) is 5.92 Å². The molecule has 0 unspecified atom stereocenters. The van der Waals surface area contributed by atoms with E-state index >= 15 is 0 Å². The van der Waals surface area contributed by atoms with Crippen molar-refractivity contribution in [1.29, 1.82) is 0 Å². The van der Waals surface area contributed by atoms with Crippen LogP contribution in [0.1, 0.15) is 0 Å². The molecule has 1 fully saturated rings. The molecule has 1 aliphatic rings. The van der Waals surface area contributed by atoms with Gasteiger partial charge in [0.05, 0.1) is 5.92 Å². The lowest BCUT2D eigenvalue weighted by molar-refractivity contribution is -0.143. The maximum Gasteiger partial charge on any atom is 0.330 e. The summed E-state index contributed by atoms with van der Waals surface area (Å²) in [6.45, 7) is -0.173. The predicted molar refractivity (Wildman–Crippen MR) is 30.5 cm³/mol. The average Bonchev–Trinajstić information content (AvgIpc) is 2.10. The molecule has 0 spiro atoms. The van der Waals surface area contributed by atoms with Gasteiger partial charge in [-0.25, -0.2) is 0 Å². The molecule has 3 nitrogen and oxygen atoms in total. The highest BCUT2D eigenvalue weighted by Gasteiger charge is 2.51. The molecule has 3 N–H and O–H groups in total. The van der Waals surface area contributed by atoms with Crippen LogP contribution in [0.5, 0.6) is 0 Å². The van der Waals surface area contributed by atoms with Gasteiger partial charge in [-0.1, -0.05) is 0 Å². The average molecular weight is 150 g/mol. The van der Waals surface area contributed by atoms with Crippen LogP contribution >= 0.6 is 0 Å². The van der Waals surface area contributed by atoms with Gasteiger partial charge in [0.1, 0.15) is 0 Å². The summed E-state index contributed by atoms with van der Waals surface area (Å²) < 4.78 is 25.0. The van der Waals surface area contributed by atoms with Gasteiger partial charge < -0.3 is 11.1 Å². The van der Waals surface area contributed by atoms with Crippen molar-refractivity contribution in [1.82, 2.24) is 5.32 Å². The van der Waals surface area contributed by atoms with E-state index in [4.69, 9.17) is 5.73 Å². The van der Waals surface area contributed by atoms with Crippen LogP contribution < -0.4 is 11.1 Å². The Kier molecular flexibility index (Phi) is 1.60. The third-order valence-electron chi connectivity index (χ3n) is 1.61. The molecule has 10 heavy (non-hydrogen) atoms. The monoisotopic (exact) mass is 150 g/mol. The molecule has 5 heteroatoms. The Morgan fingerprint density at radius 1 is 1.80 bits per heavy atom. The first kappa shape index (κ1) is 7.40. The Balaban J connectivity index is 2.73. The lowest BCUT2D eigenvalue weighted by Crippen LogP contribution is -2.36. The third kappa shape index (κ3) is 0.862. The van der Waals surface area contributed by atoms with Crippen LogP contribution in [-0.2, 0) is 4.79 Å². The van der Waals surface area contributed by atoms with Crippen LogP contribution in [-0.4, -0.2) is 24.9 Å². The largest absolute Gasteiger partial charge is 0.350 e. The van der Waals surface area contributed by atoms with E-state index in [2.05, 4.69) is 0 Å². The Labute approximate surface area is 56.6 Å². The zero-order valence-corrected chi connectivity index (χ0v) is 5.23. The summed E-state index contributed by atoms with van der Waals surface area (Å²) in [6, 6.07) is 0. The standard InChI is InChI=1S/C5H8F2N2O/c6-5(7)3(1-8)2-9-4(5)10/h3H,1-2,8H2,(H,9,10)/t3-/m1/s1. The number of nitrogens with two attached hydrogens (primary N) is 1. The number of hydrogen-bond acceptors (Lipinski definition) is 2. The van der Waals surface area contributed by atoms with Gasteiger partial charge in [0, 0.05) is 13.1 Å². The fourth-order valence-corrected chi connectivity index (χ4v) is 0.879. The van der Waals surface area contributed by atoms with Crippen molar-refractivity contribution in [3.63, 3.8) is 0 Å². The molecular formula is C5H8F2N2O.